The zero-order valence-corrected chi connectivity index (χ0v) is 17.2. The van der Waals surface area contributed by atoms with E-state index < -0.39 is 0 Å². The zero-order chi connectivity index (χ0) is 21.2. The minimum atomic E-state index is -0.114. The summed E-state index contributed by atoms with van der Waals surface area (Å²) in [6.07, 6.45) is -0.114. The molecule has 1 unspecified atom stereocenters. The predicted octanol–water partition coefficient (Wildman–Crippen LogP) is 3.50. The fraction of sp³-hybridized carbons (Fsp3) is 0.273. The van der Waals surface area contributed by atoms with E-state index >= 15 is 0 Å². The van der Waals surface area contributed by atoms with Crippen molar-refractivity contribution in [3.05, 3.63) is 71.2 Å². The Morgan fingerprint density at radius 2 is 2.00 bits per heavy atom. The molecule has 1 aliphatic heterocycles. The number of fused-ring (bicyclic) bond motifs is 1. The minimum absolute atomic E-state index is 0.114. The van der Waals surface area contributed by atoms with E-state index in [9.17, 15) is 0 Å². The normalized spacial score (nSPS) is 15.5. The first-order valence-electron chi connectivity index (χ1n) is 9.90. The Morgan fingerprint density at radius 3 is 2.81 bits per heavy atom. The van der Waals surface area contributed by atoms with Crippen molar-refractivity contribution in [1.29, 1.82) is 0 Å². The quantitative estimate of drug-likeness (QED) is 0.468. The lowest BCUT2D eigenvalue weighted by molar-refractivity contribution is -0.00114. The molecule has 9 heteroatoms. The molecule has 0 radical (unpaired) electrons. The van der Waals surface area contributed by atoms with Gasteiger partial charge in [0.25, 0.3) is 5.89 Å². The molecule has 0 aliphatic carbocycles. The molecule has 2 aromatic heterocycles. The molecule has 0 saturated heterocycles. The average Bonchev–Trinajstić information content (AvgIpc) is 3.44. The van der Waals surface area contributed by atoms with Crippen molar-refractivity contribution < 1.29 is 18.7 Å². The number of ether oxygens (including phenoxy) is 3. The van der Waals surface area contributed by atoms with Crippen LogP contribution >= 0.6 is 0 Å². The fourth-order valence-electron chi connectivity index (χ4n) is 3.47. The van der Waals surface area contributed by atoms with Crippen molar-refractivity contribution in [2.75, 3.05) is 7.11 Å². The number of aryl methyl sites for hydroxylation is 1. The molecule has 2 aromatic carbocycles. The highest BCUT2D eigenvalue weighted by molar-refractivity contribution is 5.51. The minimum Gasteiger partial charge on any atom is -0.497 e. The molecule has 0 saturated carbocycles. The Kier molecular flexibility index (Phi) is 5.09. The molecule has 31 heavy (non-hydrogen) atoms. The summed E-state index contributed by atoms with van der Waals surface area (Å²) in [4.78, 5) is 4.41. The topological polar surface area (TPSA) is 97.3 Å². The van der Waals surface area contributed by atoms with Gasteiger partial charge in [0.15, 0.2) is 12.3 Å². The second kappa shape index (κ2) is 8.19. The van der Waals surface area contributed by atoms with E-state index in [1.165, 1.54) is 0 Å². The van der Waals surface area contributed by atoms with Gasteiger partial charge in [0, 0.05) is 0 Å². The highest BCUT2D eigenvalue weighted by Crippen LogP contribution is 2.30. The van der Waals surface area contributed by atoms with Gasteiger partial charge in [-0.1, -0.05) is 34.6 Å². The number of rotatable bonds is 6. The van der Waals surface area contributed by atoms with Crippen LogP contribution in [0.2, 0.25) is 0 Å². The molecule has 0 bridgehead atoms. The van der Waals surface area contributed by atoms with E-state index in [0.717, 1.165) is 28.3 Å². The van der Waals surface area contributed by atoms with Gasteiger partial charge < -0.3 is 18.7 Å². The van der Waals surface area contributed by atoms with Gasteiger partial charge in [-0.25, -0.2) is 4.68 Å². The average molecular weight is 419 g/mol. The molecule has 1 atom stereocenters. The highest BCUT2D eigenvalue weighted by atomic mass is 16.5. The molecule has 1 aliphatic rings. The number of benzene rings is 2. The van der Waals surface area contributed by atoms with E-state index in [1.807, 2.05) is 60.1 Å². The molecular weight excluding hydrogens is 398 g/mol. The second-order valence-electron chi connectivity index (χ2n) is 7.26. The van der Waals surface area contributed by atoms with Crippen molar-refractivity contribution >= 4 is 0 Å². The van der Waals surface area contributed by atoms with Gasteiger partial charge in [0.1, 0.15) is 17.6 Å². The van der Waals surface area contributed by atoms with Crippen LogP contribution in [0.5, 0.6) is 11.5 Å². The summed E-state index contributed by atoms with van der Waals surface area (Å²) < 4.78 is 24.1. The molecule has 0 N–H and O–H groups in total. The number of methoxy groups -OCH3 is 1. The lowest BCUT2D eigenvalue weighted by Crippen LogP contribution is -2.22. The summed E-state index contributed by atoms with van der Waals surface area (Å²) in [6.45, 7) is 3.09. The van der Waals surface area contributed by atoms with Gasteiger partial charge in [-0.3, -0.25) is 0 Å². The largest absolute Gasteiger partial charge is 0.497 e. The summed E-state index contributed by atoms with van der Waals surface area (Å²) >= 11 is 0. The van der Waals surface area contributed by atoms with Crippen molar-refractivity contribution in [3.63, 3.8) is 0 Å². The van der Waals surface area contributed by atoms with Crippen LogP contribution < -0.4 is 9.47 Å². The van der Waals surface area contributed by atoms with Crippen molar-refractivity contribution in [2.24, 2.45) is 0 Å². The summed E-state index contributed by atoms with van der Waals surface area (Å²) in [5.41, 5.74) is 3.54. The van der Waals surface area contributed by atoms with Gasteiger partial charge in [-0.05, 0) is 42.3 Å². The Bertz CT molecular complexity index is 1180. The maximum Gasteiger partial charge on any atom is 0.264 e. The van der Waals surface area contributed by atoms with Gasteiger partial charge >= 0.3 is 0 Å². The van der Waals surface area contributed by atoms with E-state index in [1.54, 1.807) is 7.11 Å². The van der Waals surface area contributed by atoms with Crippen LogP contribution in [0.3, 0.4) is 0 Å². The Labute approximate surface area is 178 Å². The molecule has 5 rings (SSSR count). The third-order valence-electron chi connectivity index (χ3n) is 5.12. The summed E-state index contributed by atoms with van der Waals surface area (Å²) in [7, 11) is 1.65. The fourth-order valence-corrected chi connectivity index (χ4v) is 3.47. The SMILES string of the molecule is COc1ccc(C2Cn3nnc(-c4noc(COc5cccc(C)c5)n4)c3CO2)cc1. The Hall–Kier alpha value is -3.72. The van der Waals surface area contributed by atoms with E-state index in [-0.39, 0.29) is 12.7 Å². The molecule has 4 aromatic rings. The van der Waals surface area contributed by atoms with E-state index in [2.05, 4.69) is 20.5 Å². The first-order valence-corrected chi connectivity index (χ1v) is 9.90. The van der Waals surface area contributed by atoms with Crippen LogP contribution in [0.15, 0.2) is 53.1 Å². The predicted molar refractivity (Wildman–Crippen MR) is 109 cm³/mol. The highest BCUT2D eigenvalue weighted by Gasteiger charge is 2.27. The van der Waals surface area contributed by atoms with Gasteiger partial charge in [-0.2, -0.15) is 4.98 Å². The molecule has 158 valence electrons. The van der Waals surface area contributed by atoms with Gasteiger partial charge in [0.2, 0.25) is 5.82 Å². The monoisotopic (exact) mass is 419 g/mol. The number of hydrogen-bond acceptors (Lipinski definition) is 8. The van der Waals surface area contributed by atoms with Crippen LogP contribution in [0, 0.1) is 6.92 Å². The molecule has 0 amide bonds. The third-order valence-corrected chi connectivity index (χ3v) is 5.12. The lowest BCUT2D eigenvalue weighted by atomic mass is 10.1. The Balaban J connectivity index is 1.28. The molecule has 0 spiro atoms. The molecule has 0 fully saturated rings. The van der Waals surface area contributed by atoms with Crippen LogP contribution in [-0.2, 0) is 24.5 Å². The van der Waals surface area contributed by atoms with Crippen molar-refractivity contribution in [3.8, 4) is 23.0 Å². The Morgan fingerprint density at radius 1 is 1.13 bits per heavy atom. The molecule has 3 heterocycles. The summed E-state index contributed by atoms with van der Waals surface area (Å²) in [5.74, 6) is 2.29. The number of hydrogen-bond donors (Lipinski definition) is 0. The van der Waals surface area contributed by atoms with E-state index in [4.69, 9.17) is 18.7 Å². The van der Waals surface area contributed by atoms with Gasteiger partial charge in [-0.15, -0.1) is 5.10 Å². The summed E-state index contributed by atoms with van der Waals surface area (Å²) in [6, 6.07) is 15.6. The van der Waals surface area contributed by atoms with Crippen LogP contribution in [0.1, 0.15) is 28.8 Å². The van der Waals surface area contributed by atoms with Crippen LogP contribution in [0.25, 0.3) is 11.5 Å². The maximum atomic E-state index is 6.06. The number of nitrogens with zero attached hydrogens (tertiary/aromatic N) is 5. The van der Waals surface area contributed by atoms with Crippen molar-refractivity contribution in [2.45, 2.75) is 32.8 Å². The van der Waals surface area contributed by atoms with Crippen molar-refractivity contribution in [1.82, 2.24) is 25.1 Å². The zero-order valence-electron chi connectivity index (χ0n) is 17.2. The van der Waals surface area contributed by atoms with Crippen LogP contribution in [0.4, 0.5) is 0 Å². The lowest BCUT2D eigenvalue weighted by Gasteiger charge is -2.24. The second-order valence-corrected chi connectivity index (χ2v) is 7.26. The van der Waals surface area contributed by atoms with Crippen LogP contribution in [-0.4, -0.2) is 32.2 Å². The maximum absolute atomic E-state index is 6.06. The third kappa shape index (κ3) is 3.99. The van der Waals surface area contributed by atoms with Gasteiger partial charge in [0.05, 0.1) is 26.0 Å². The smallest absolute Gasteiger partial charge is 0.264 e. The number of aromatic nitrogens is 5. The first kappa shape index (κ1) is 19.3. The standard InChI is InChI=1S/C22H21N5O4/c1-14-4-3-5-17(10-14)29-13-20-23-22(25-31-20)21-18-12-30-19(11-27(18)26-24-21)15-6-8-16(28-2)9-7-15/h3-10,19H,11-13H2,1-2H3. The summed E-state index contributed by atoms with van der Waals surface area (Å²) in [5, 5.41) is 12.6. The molecule has 9 nitrogen and oxygen atoms in total. The first-order chi connectivity index (χ1) is 15.2. The molecular formula is C22H21N5O4. The van der Waals surface area contributed by atoms with E-state index in [0.29, 0.717) is 30.6 Å².